The Labute approximate surface area is 182 Å². The van der Waals surface area contributed by atoms with Gasteiger partial charge < -0.3 is 25.0 Å². The van der Waals surface area contributed by atoms with Crippen LogP contribution in [0.25, 0.3) is 0 Å². The minimum Gasteiger partial charge on any atom is -0.495 e. The van der Waals surface area contributed by atoms with Gasteiger partial charge in [-0.25, -0.2) is 4.99 Å². The van der Waals surface area contributed by atoms with Gasteiger partial charge in [0.05, 0.1) is 31.3 Å². The summed E-state index contributed by atoms with van der Waals surface area (Å²) in [5.74, 6) is 1.18. The zero-order chi connectivity index (χ0) is 18.9. The molecule has 27 heavy (non-hydrogen) atoms. The maximum Gasteiger partial charge on any atom is 0.241 e. The van der Waals surface area contributed by atoms with E-state index in [-0.39, 0.29) is 42.5 Å². The standard InChI is InChI=1S/C18H27ClN4O3.HI/c1-23(2)17(24)12-22-18(21-11-14-5-4-8-26-14)20-10-13-6-7-16(25-3)15(19)9-13;/h6-7,9,14H,4-5,8,10-12H2,1-3H3,(H2,20,21,22);1H. The smallest absolute Gasteiger partial charge is 0.241 e. The van der Waals surface area contributed by atoms with Crippen LogP contribution in [0.4, 0.5) is 0 Å². The molecule has 1 amide bonds. The largest absolute Gasteiger partial charge is 0.495 e. The zero-order valence-corrected chi connectivity index (χ0v) is 19.0. The summed E-state index contributed by atoms with van der Waals surface area (Å²) in [6.45, 7) is 2.07. The molecule has 0 aromatic heterocycles. The highest BCUT2D eigenvalue weighted by Gasteiger charge is 2.16. The Balaban J connectivity index is 0.00000364. The number of nitrogens with zero attached hydrogens (tertiary/aromatic N) is 2. The molecule has 7 nitrogen and oxygen atoms in total. The Kier molecular flexibility index (Phi) is 10.8. The first kappa shape index (κ1) is 23.8. The molecule has 0 saturated carbocycles. The molecule has 0 bridgehead atoms. The van der Waals surface area contributed by atoms with Crippen molar-refractivity contribution in [3.63, 3.8) is 0 Å². The summed E-state index contributed by atoms with van der Waals surface area (Å²) in [4.78, 5) is 17.9. The second-order valence-corrected chi connectivity index (χ2v) is 6.70. The Morgan fingerprint density at radius 3 is 2.78 bits per heavy atom. The molecule has 1 saturated heterocycles. The van der Waals surface area contributed by atoms with Crippen LogP contribution in [0.1, 0.15) is 18.4 Å². The molecule has 1 aliphatic heterocycles. The molecule has 1 unspecified atom stereocenters. The van der Waals surface area contributed by atoms with Gasteiger partial charge in [0.25, 0.3) is 0 Å². The average Bonchev–Trinajstić information content (AvgIpc) is 3.14. The third kappa shape index (κ3) is 8.10. The Bertz CT molecular complexity index is 637. The Morgan fingerprint density at radius 1 is 1.41 bits per heavy atom. The fraction of sp³-hybridized carbons (Fsp3) is 0.556. The first-order valence-corrected chi connectivity index (χ1v) is 9.03. The number of ether oxygens (including phenoxy) is 2. The summed E-state index contributed by atoms with van der Waals surface area (Å²) < 4.78 is 10.8. The van der Waals surface area contributed by atoms with E-state index < -0.39 is 0 Å². The number of halogens is 2. The van der Waals surface area contributed by atoms with Gasteiger partial charge in [-0.1, -0.05) is 17.7 Å². The van der Waals surface area contributed by atoms with Crippen molar-refractivity contribution in [1.29, 1.82) is 0 Å². The predicted octanol–water partition coefficient (Wildman–Crippen LogP) is 2.27. The minimum atomic E-state index is -0.0240. The number of likely N-dealkylation sites (N-methyl/N-ethyl adjacent to an activating group) is 1. The minimum absolute atomic E-state index is 0. The van der Waals surface area contributed by atoms with Gasteiger partial charge in [-0.15, -0.1) is 24.0 Å². The SMILES string of the molecule is COc1ccc(CN=C(NCC(=O)N(C)C)NCC2CCCO2)cc1Cl.I. The molecule has 152 valence electrons. The highest BCUT2D eigenvalue weighted by Crippen LogP contribution is 2.25. The molecule has 0 spiro atoms. The van der Waals surface area contributed by atoms with Gasteiger partial charge in [0.15, 0.2) is 5.96 Å². The molecule has 9 heteroatoms. The molecular weight excluding hydrogens is 483 g/mol. The summed E-state index contributed by atoms with van der Waals surface area (Å²) in [7, 11) is 5.03. The summed E-state index contributed by atoms with van der Waals surface area (Å²) >= 11 is 6.16. The molecule has 0 aliphatic carbocycles. The molecule has 1 fully saturated rings. The number of hydrogen-bond donors (Lipinski definition) is 2. The van der Waals surface area contributed by atoms with Gasteiger partial charge in [0.2, 0.25) is 5.91 Å². The Hall–Kier alpha value is -1.26. The van der Waals surface area contributed by atoms with E-state index in [1.165, 1.54) is 4.90 Å². The first-order valence-electron chi connectivity index (χ1n) is 8.66. The van der Waals surface area contributed by atoms with Crippen LogP contribution in [0.2, 0.25) is 5.02 Å². The van der Waals surface area contributed by atoms with Crippen molar-refractivity contribution in [2.24, 2.45) is 4.99 Å². The van der Waals surface area contributed by atoms with Gasteiger partial charge in [0, 0.05) is 27.2 Å². The number of aliphatic imine (C=N–C) groups is 1. The fourth-order valence-electron chi connectivity index (χ4n) is 2.49. The molecule has 0 radical (unpaired) electrons. The zero-order valence-electron chi connectivity index (χ0n) is 16.0. The average molecular weight is 511 g/mol. The second kappa shape index (κ2) is 12.2. The van der Waals surface area contributed by atoms with Crippen LogP contribution in [0.3, 0.4) is 0 Å². The van der Waals surface area contributed by atoms with Crippen LogP contribution in [-0.2, 0) is 16.1 Å². The molecule has 1 atom stereocenters. The lowest BCUT2D eigenvalue weighted by molar-refractivity contribution is -0.127. The number of amides is 1. The van der Waals surface area contributed by atoms with Crippen LogP contribution in [0.15, 0.2) is 23.2 Å². The van der Waals surface area contributed by atoms with Crippen molar-refractivity contribution in [3.05, 3.63) is 28.8 Å². The second-order valence-electron chi connectivity index (χ2n) is 6.29. The number of benzene rings is 1. The molecular formula is C18H28ClIN4O3. The molecule has 2 N–H and O–H groups in total. The number of carbonyl (C=O) groups is 1. The first-order chi connectivity index (χ1) is 12.5. The number of guanidine groups is 1. The van der Waals surface area contributed by atoms with Crippen molar-refractivity contribution in [1.82, 2.24) is 15.5 Å². The normalized spacial score (nSPS) is 16.4. The predicted molar refractivity (Wildman–Crippen MR) is 118 cm³/mol. The van der Waals surface area contributed by atoms with E-state index in [4.69, 9.17) is 21.1 Å². The van der Waals surface area contributed by atoms with E-state index in [9.17, 15) is 4.79 Å². The highest BCUT2D eigenvalue weighted by atomic mass is 127. The molecule has 1 aromatic rings. The van der Waals surface area contributed by atoms with Gasteiger partial charge in [-0.05, 0) is 30.5 Å². The summed E-state index contributed by atoms with van der Waals surface area (Å²) in [5, 5.41) is 6.86. The summed E-state index contributed by atoms with van der Waals surface area (Å²) in [5.41, 5.74) is 0.952. The van der Waals surface area contributed by atoms with Crippen molar-refractivity contribution in [2.75, 3.05) is 40.9 Å². The third-order valence-electron chi connectivity index (χ3n) is 4.06. The van der Waals surface area contributed by atoms with Crippen molar-refractivity contribution < 1.29 is 14.3 Å². The fourth-order valence-corrected chi connectivity index (χ4v) is 2.77. The molecule has 1 aromatic carbocycles. The van der Waals surface area contributed by atoms with Gasteiger partial charge in [-0.2, -0.15) is 0 Å². The lowest BCUT2D eigenvalue weighted by atomic mass is 10.2. The lowest BCUT2D eigenvalue weighted by Gasteiger charge is -2.17. The maximum absolute atomic E-state index is 11.8. The van der Waals surface area contributed by atoms with E-state index in [0.717, 1.165) is 25.0 Å². The number of rotatable bonds is 7. The van der Waals surface area contributed by atoms with Crippen LogP contribution < -0.4 is 15.4 Å². The van der Waals surface area contributed by atoms with E-state index in [0.29, 0.717) is 29.8 Å². The number of hydrogen-bond acceptors (Lipinski definition) is 4. The molecule has 2 rings (SSSR count). The monoisotopic (exact) mass is 510 g/mol. The van der Waals surface area contributed by atoms with E-state index in [1.54, 1.807) is 21.2 Å². The summed E-state index contributed by atoms with van der Waals surface area (Å²) in [6.07, 6.45) is 2.29. The third-order valence-corrected chi connectivity index (χ3v) is 4.36. The summed E-state index contributed by atoms with van der Waals surface area (Å²) in [6, 6.07) is 5.55. The number of nitrogens with one attached hydrogen (secondary N) is 2. The quantitative estimate of drug-likeness (QED) is 0.334. The van der Waals surface area contributed by atoms with Crippen molar-refractivity contribution >= 4 is 47.4 Å². The molecule has 1 aliphatic rings. The van der Waals surface area contributed by atoms with Gasteiger partial charge >= 0.3 is 0 Å². The van der Waals surface area contributed by atoms with Crippen LogP contribution in [-0.4, -0.2) is 63.8 Å². The lowest BCUT2D eigenvalue weighted by Crippen LogP contribution is -2.45. The molecule has 1 heterocycles. The number of carbonyl (C=O) groups excluding carboxylic acids is 1. The van der Waals surface area contributed by atoms with Crippen LogP contribution in [0.5, 0.6) is 5.75 Å². The van der Waals surface area contributed by atoms with Crippen LogP contribution >= 0.6 is 35.6 Å². The topological polar surface area (TPSA) is 75.2 Å². The Morgan fingerprint density at radius 2 is 2.19 bits per heavy atom. The maximum atomic E-state index is 11.8. The van der Waals surface area contributed by atoms with Crippen LogP contribution in [0, 0.1) is 0 Å². The van der Waals surface area contributed by atoms with E-state index >= 15 is 0 Å². The van der Waals surface area contributed by atoms with Crippen molar-refractivity contribution in [2.45, 2.75) is 25.5 Å². The van der Waals surface area contributed by atoms with Crippen molar-refractivity contribution in [3.8, 4) is 5.75 Å². The number of methoxy groups -OCH3 is 1. The van der Waals surface area contributed by atoms with E-state index in [1.807, 2.05) is 18.2 Å². The highest BCUT2D eigenvalue weighted by molar-refractivity contribution is 14.0. The van der Waals surface area contributed by atoms with Gasteiger partial charge in [-0.3, -0.25) is 4.79 Å². The van der Waals surface area contributed by atoms with E-state index in [2.05, 4.69) is 15.6 Å². The van der Waals surface area contributed by atoms with Gasteiger partial charge in [0.1, 0.15) is 5.75 Å².